The first kappa shape index (κ1) is 18.2. The maximum atomic E-state index is 12.5. The number of hydrogen-bond acceptors (Lipinski definition) is 5. The van der Waals surface area contributed by atoms with E-state index in [1.54, 1.807) is 6.92 Å². The largest absolute Gasteiger partial charge is 0.462 e. The molecule has 122 valence electrons. The van der Waals surface area contributed by atoms with Gasteiger partial charge in [-0.25, -0.2) is 13.1 Å². The van der Waals surface area contributed by atoms with Gasteiger partial charge in [-0.1, -0.05) is 13.8 Å². The van der Waals surface area contributed by atoms with Gasteiger partial charge in [0.1, 0.15) is 23.0 Å². The molecule has 1 heterocycles. The first-order valence-corrected chi connectivity index (χ1v) is 8.51. The second kappa shape index (κ2) is 7.40. The fourth-order valence-corrected chi connectivity index (χ4v) is 3.76. The van der Waals surface area contributed by atoms with Gasteiger partial charge in [-0.05, 0) is 33.4 Å². The molecular weight excluding hydrogens is 292 g/mol. The zero-order chi connectivity index (χ0) is 16.2. The summed E-state index contributed by atoms with van der Waals surface area (Å²) in [7, 11) is 0.170. The van der Waals surface area contributed by atoms with Crippen molar-refractivity contribution in [2.75, 3.05) is 20.6 Å². The highest BCUT2D eigenvalue weighted by Gasteiger charge is 2.25. The molecule has 0 amide bonds. The van der Waals surface area contributed by atoms with Crippen molar-refractivity contribution >= 4 is 10.0 Å². The van der Waals surface area contributed by atoms with Crippen LogP contribution in [0.1, 0.15) is 31.8 Å². The van der Waals surface area contributed by atoms with Crippen molar-refractivity contribution in [1.29, 1.82) is 0 Å². The number of aryl methyl sites for hydroxylation is 1. The number of sulfonamides is 1. The van der Waals surface area contributed by atoms with Crippen LogP contribution in [0.2, 0.25) is 0 Å². The van der Waals surface area contributed by atoms with Crippen molar-refractivity contribution < 1.29 is 17.9 Å². The monoisotopic (exact) mass is 318 g/mol. The maximum absolute atomic E-state index is 12.5. The van der Waals surface area contributed by atoms with Gasteiger partial charge in [-0.3, -0.25) is 0 Å². The topological polar surface area (TPSA) is 82.8 Å². The Morgan fingerprint density at radius 2 is 2.00 bits per heavy atom. The molecule has 0 aliphatic heterocycles. The molecule has 0 spiro atoms. The van der Waals surface area contributed by atoms with Crippen molar-refractivity contribution in [3.05, 3.63) is 17.6 Å². The smallest absolute Gasteiger partial charge is 0.244 e. The van der Waals surface area contributed by atoms with Crippen LogP contribution >= 0.6 is 0 Å². The maximum Gasteiger partial charge on any atom is 0.244 e. The molecule has 1 rings (SSSR count). The molecule has 2 N–H and O–H groups in total. The first-order valence-electron chi connectivity index (χ1n) is 7.03. The van der Waals surface area contributed by atoms with Crippen LogP contribution in [0.25, 0.3) is 0 Å². The van der Waals surface area contributed by atoms with E-state index in [0.29, 0.717) is 18.2 Å². The highest BCUT2D eigenvalue weighted by molar-refractivity contribution is 7.89. The number of hydrogen-bond donors (Lipinski definition) is 2. The third-order valence-corrected chi connectivity index (χ3v) is 4.66. The minimum Gasteiger partial charge on any atom is -0.462 e. The second-order valence-electron chi connectivity index (χ2n) is 6.00. The van der Waals surface area contributed by atoms with Crippen LogP contribution in [0.15, 0.2) is 15.4 Å². The molecule has 0 aromatic carbocycles. The Morgan fingerprint density at radius 1 is 1.38 bits per heavy atom. The van der Waals surface area contributed by atoms with Gasteiger partial charge >= 0.3 is 0 Å². The molecule has 21 heavy (non-hydrogen) atoms. The summed E-state index contributed by atoms with van der Waals surface area (Å²) >= 11 is 0. The van der Waals surface area contributed by atoms with Crippen LogP contribution in [-0.4, -0.2) is 45.1 Å². The zero-order valence-corrected chi connectivity index (χ0v) is 14.2. The average Bonchev–Trinajstić information content (AvgIpc) is 2.68. The summed E-state index contributed by atoms with van der Waals surface area (Å²) in [5, 5.41) is 9.05. The minimum absolute atomic E-state index is 0.0964. The molecule has 0 fully saturated rings. The van der Waals surface area contributed by atoms with E-state index >= 15 is 0 Å². The number of rotatable bonds is 8. The summed E-state index contributed by atoms with van der Waals surface area (Å²) in [5.41, 5.74) is 0. The summed E-state index contributed by atoms with van der Waals surface area (Å²) in [6.07, 6.45) is 0.751. The van der Waals surface area contributed by atoms with E-state index in [2.05, 4.69) is 18.6 Å². The minimum atomic E-state index is -3.65. The summed E-state index contributed by atoms with van der Waals surface area (Å²) < 4.78 is 32.9. The number of nitrogens with one attached hydrogen (secondary N) is 1. The number of nitrogens with zero attached hydrogens (tertiary/aromatic N) is 1. The molecule has 6 nitrogen and oxygen atoms in total. The van der Waals surface area contributed by atoms with E-state index < -0.39 is 10.0 Å². The Morgan fingerprint density at radius 3 is 2.43 bits per heavy atom. The Hall–Kier alpha value is -0.890. The highest BCUT2D eigenvalue weighted by Crippen LogP contribution is 2.21. The van der Waals surface area contributed by atoms with E-state index in [-0.39, 0.29) is 23.3 Å². The summed E-state index contributed by atoms with van der Waals surface area (Å²) in [5.74, 6) is 0.927. The molecule has 0 aliphatic carbocycles. The SMILES string of the molecule is Cc1oc(CO)cc1S(=O)(=O)NC(CC(C)C)CN(C)C. The van der Waals surface area contributed by atoms with Crippen LogP contribution in [0, 0.1) is 12.8 Å². The number of furan rings is 1. The van der Waals surface area contributed by atoms with Gasteiger partial charge in [-0.2, -0.15) is 0 Å². The Kier molecular flexibility index (Phi) is 6.40. The van der Waals surface area contributed by atoms with Gasteiger partial charge in [0, 0.05) is 18.7 Å². The molecule has 0 radical (unpaired) electrons. The van der Waals surface area contributed by atoms with Gasteiger partial charge < -0.3 is 14.4 Å². The van der Waals surface area contributed by atoms with Crippen LogP contribution in [0.4, 0.5) is 0 Å². The van der Waals surface area contributed by atoms with Crippen LogP contribution in [-0.2, 0) is 16.6 Å². The van der Waals surface area contributed by atoms with E-state index in [1.165, 1.54) is 6.07 Å². The van der Waals surface area contributed by atoms with Gasteiger partial charge in [0.2, 0.25) is 10.0 Å². The van der Waals surface area contributed by atoms with E-state index in [0.717, 1.165) is 6.42 Å². The van der Waals surface area contributed by atoms with Gasteiger partial charge in [0.15, 0.2) is 0 Å². The molecule has 0 aliphatic rings. The lowest BCUT2D eigenvalue weighted by Gasteiger charge is -2.23. The molecule has 1 unspecified atom stereocenters. The predicted octanol–water partition coefficient (Wildman–Crippen LogP) is 1.33. The van der Waals surface area contributed by atoms with Crippen LogP contribution in [0.5, 0.6) is 0 Å². The third-order valence-electron chi connectivity index (χ3n) is 3.03. The Balaban J connectivity index is 2.96. The lowest BCUT2D eigenvalue weighted by atomic mass is 10.0. The summed E-state index contributed by atoms with van der Waals surface area (Å²) in [6.45, 7) is 6.01. The van der Waals surface area contributed by atoms with E-state index in [4.69, 9.17) is 9.52 Å². The number of aliphatic hydroxyl groups is 1. The molecule has 7 heteroatoms. The quantitative estimate of drug-likeness (QED) is 0.756. The first-order chi connectivity index (χ1) is 9.65. The molecule has 1 aromatic rings. The van der Waals surface area contributed by atoms with Gasteiger partial charge in [0.05, 0.1) is 0 Å². The summed E-state index contributed by atoms with van der Waals surface area (Å²) in [6, 6.07) is 1.21. The fourth-order valence-electron chi connectivity index (χ4n) is 2.32. The lowest BCUT2D eigenvalue weighted by Crippen LogP contribution is -2.42. The van der Waals surface area contributed by atoms with Crippen LogP contribution in [0.3, 0.4) is 0 Å². The zero-order valence-electron chi connectivity index (χ0n) is 13.4. The van der Waals surface area contributed by atoms with E-state index in [9.17, 15) is 8.42 Å². The molecule has 1 atom stereocenters. The molecular formula is C14H26N2O4S. The summed E-state index contributed by atoms with van der Waals surface area (Å²) in [4.78, 5) is 2.05. The van der Waals surface area contributed by atoms with Crippen LogP contribution < -0.4 is 4.72 Å². The van der Waals surface area contributed by atoms with Crippen molar-refractivity contribution in [2.24, 2.45) is 5.92 Å². The third kappa shape index (κ3) is 5.43. The number of aliphatic hydroxyl groups excluding tert-OH is 1. The molecule has 0 bridgehead atoms. The van der Waals surface area contributed by atoms with Crippen molar-refractivity contribution in [3.8, 4) is 0 Å². The number of likely N-dealkylation sites (N-methyl/N-ethyl adjacent to an activating group) is 1. The fraction of sp³-hybridized carbons (Fsp3) is 0.714. The highest BCUT2D eigenvalue weighted by atomic mass is 32.2. The van der Waals surface area contributed by atoms with Gasteiger partial charge in [-0.15, -0.1) is 0 Å². The molecule has 0 saturated heterocycles. The Labute approximate surface area is 127 Å². The lowest BCUT2D eigenvalue weighted by molar-refractivity contribution is 0.244. The second-order valence-corrected chi connectivity index (χ2v) is 7.68. The predicted molar refractivity (Wildman–Crippen MR) is 81.5 cm³/mol. The van der Waals surface area contributed by atoms with Crippen molar-refractivity contribution in [3.63, 3.8) is 0 Å². The van der Waals surface area contributed by atoms with Gasteiger partial charge in [0.25, 0.3) is 0 Å². The Bertz CT molecular complexity index is 539. The standard InChI is InChI=1S/C14H26N2O4S/c1-10(2)6-12(8-16(4)5)15-21(18,19)14-7-13(9-17)20-11(14)3/h7,10,12,15,17H,6,8-9H2,1-5H3. The molecule has 1 aromatic heterocycles. The molecule has 0 saturated carbocycles. The van der Waals surface area contributed by atoms with Crippen molar-refractivity contribution in [2.45, 2.75) is 44.7 Å². The van der Waals surface area contributed by atoms with E-state index in [1.807, 2.05) is 19.0 Å². The normalized spacial score (nSPS) is 14.1. The average molecular weight is 318 g/mol. The van der Waals surface area contributed by atoms with Crippen molar-refractivity contribution in [1.82, 2.24) is 9.62 Å².